The fourth-order valence-corrected chi connectivity index (χ4v) is 1.77. The molecule has 4 nitrogen and oxygen atoms in total. The van der Waals surface area contributed by atoms with Gasteiger partial charge in [-0.2, -0.15) is 0 Å². The second-order valence-electron chi connectivity index (χ2n) is 4.66. The highest BCUT2D eigenvalue weighted by atomic mass is 19.1. The van der Waals surface area contributed by atoms with E-state index in [1.807, 2.05) is 30.8 Å². The number of anilines is 2. The summed E-state index contributed by atoms with van der Waals surface area (Å²) in [6, 6.07) is 0.881. The lowest BCUT2D eigenvalue weighted by Gasteiger charge is -2.25. The van der Waals surface area contributed by atoms with E-state index in [4.69, 9.17) is 0 Å². The molecule has 0 saturated heterocycles. The number of aromatic nitrogens is 1. The molecule has 0 amide bonds. The number of pyridine rings is 1. The van der Waals surface area contributed by atoms with Crippen molar-refractivity contribution in [2.75, 3.05) is 51.0 Å². The second-order valence-corrected chi connectivity index (χ2v) is 4.66. The number of rotatable bonds is 7. The Morgan fingerprint density at radius 3 is 2.37 bits per heavy atom. The molecule has 1 N–H and O–H groups in total. The topological polar surface area (TPSA) is 31.4 Å². The number of nitrogens with one attached hydrogen (secondary N) is 1. The molecule has 0 spiro atoms. The molecule has 19 heavy (non-hydrogen) atoms. The molecule has 0 radical (unpaired) electrons. The zero-order chi connectivity index (χ0) is 14.4. The number of hydrogen-bond acceptors (Lipinski definition) is 4. The van der Waals surface area contributed by atoms with E-state index < -0.39 is 11.6 Å². The van der Waals surface area contributed by atoms with E-state index in [0.29, 0.717) is 13.1 Å². The molecule has 0 bridgehead atoms. The van der Waals surface area contributed by atoms with Gasteiger partial charge in [0.25, 0.3) is 0 Å². The summed E-state index contributed by atoms with van der Waals surface area (Å²) in [7, 11) is 5.48. The molecule has 0 aromatic carbocycles. The Labute approximate surface area is 113 Å². The van der Waals surface area contributed by atoms with Gasteiger partial charge in [-0.25, -0.2) is 13.8 Å². The molecule has 1 aromatic rings. The van der Waals surface area contributed by atoms with Gasteiger partial charge < -0.3 is 15.1 Å². The van der Waals surface area contributed by atoms with Crippen LogP contribution >= 0.6 is 0 Å². The van der Waals surface area contributed by atoms with Crippen LogP contribution < -0.4 is 10.2 Å². The minimum atomic E-state index is -0.673. The summed E-state index contributed by atoms with van der Waals surface area (Å²) >= 11 is 0. The average Bonchev–Trinajstić information content (AvgIpc) is 2.35. The standard InChI is InChI=1S/C13H22F2N4/c1-5-6-19(8-7-18(3)4)13-11(15)9-10(14)12(16-2)17-13/h9H,5-8H2,1-4H3,(H,16,17). The number of halogens is 2. The van der Waals surface area contributed by atoms with E-state index in [-0.39, 0.29) is 11.6 Å². The van der Waals surface area contributed by atoms with Crippen molar-refractivity contribution in [1.82, 2.24) is 9.88 Å². The van der Waals surface area contributed by atoms with Crippen molar-refractivity contribution in [2.24, 2.45) is 0 Å². The normalized spacial score (nSPS) is 10.9. The SMILES string of the molecule is CCCN(CCN(C)C)c1nc(NC)c(F)cc1F. The third kappa shape index (κ3) is 4.31. The second kappa shape index (κ2) is 7.23. The van der Waals surface area contributed by atoms with Crippen molar-refractivity contribution < 1.29 is 8.78 Å². The molecular weight excluding hydrogens is 250 g/mol. The third-order valence-electron chi connectivity index (χ3n) is 2.76. The number of likely N-dealkylation sites (N-methyl/N-ethyl adjacent to an activating group) is 1. The average molecular weight is 272 g/mol. The molecule has 0 aliphatic heterocycles. The zero-order valence-electron chi connectivity index (χ0n) is 12.0. The van der Waals surface area contributed by atoms with E-state index in [1.165, 1.54) is 0 Å². The van der Waals surface area contributed by atoms with Gasteiger partial charge in [0.05, 0.1) is 0 Å². The van der Waals surface area contributed by atoms with Crippen LogP contribution in [0.3, 0.4) is 0 Å². The first kappa shape index (κ1) is 15.6. The molecule has 0 fully saturated rings. The predicted octanol–water partition coefficient (Wildman–Crippen LogP) is 2.18. The van der Waals surface area contributed by atoms with Crippen LogP contribution in [0.15, 0.2) is 6.07 Å². The molecule has 6 heteroatoms. The molecule has 0 unspecified atom stereocenters. The van der Waals surface area contributed by atoms with E-state index in [0.717, 1.165) is 19.0 Å². The molecule has 108 valence electrons. The lowest BCUT2D eigenvalue weighted by atomic mass is 10.3. The molecule has 0 saturated carbocycles. The van der Waals surface area contributed by atoms with E-state index >= 15 is 0 Å². The van der Waals surface area contributed by atoms with Crippen LogP contribution in [0.5, 0.6) is 0 Å². The van der Waals surface area contributed by atoms with Crippen LogP contribution in [-0.4, -0.2) is 50.7 Å². The maximum absolute atomic E-state index is 13.9. The lowest BCUT2D eigenvalue weighted by molar-refractivity contribution is 0.411. The first-order valence-corrected chi connectivity index (χ1v) is 6.43. The van der Waals surface area contributed by atoms with Crippen molar-refractivity contribution >= 4 is 11.6 Å². The largest absolute Gasteiger partial charge is 0.371 e. The lowest BCUT2D eigenvalue weighted by Crippen LogP contribution is -2.33. The Balaban J connectivity index is 3.00. The van der Waals surface area contributed by atoms with Gasteiger partial charge >= 0.3 is 0 Å². The van der Waals surface area contributed by atoms with Gasteiger partial charge in [0.2, 0.25) is 0 Å². The van der Waals surface area contributed by atoms with Crippen LogP contribution in [0.1, 0.15) is 13.3 Å². The smallest absolute Gasteiger partial charge is 0.168 e. The van der Waals surface area contributed by atoms with Gasteiger partial charge in [-0.15, -0.1) is 0 Å². The van der Waals surface area contributed by atoms with Gasteiger partial charge in [0.15, 0.2) is 23.3 Å². The summed E-state index contributed by atoms with van der Waals surface area (Å²) in [5.41, 5.74) is 0. The van der Waals surface area contributed by atoms with Crippen LogP contribution in [0.4, 0.5) is 20.4 Å². The van der Waals surface area contributed by atoms with Crippen LogP contribution in [0.2, 0.25) is 0 Å². The predicted molar refractivity (Wildman–Crippen MR) is 74.8 cm³/mol. The Morgan fingerprint density at radius 1 is 1.16 bits per heavy atom. The molecule has 1 aromatic heterocycles. The monoisotopic (exact) mass is 272 g/mol. The van der Waals surface area contributed by atoms with Crippen LogP contribution in [0.25, 0.3) is 0 Å². The van der Waals surface area contributed by atoms with E-state index in [1.54, 1.807) is 7.05 Å². The molecule has 0 aliphatic rings. The Morgan fingerprint density at radius 2 is 1.84 bits per heavy atom. The summed E-state index contributed by atoms with van der Waals surface area (Å²) in [4.78, 5) is 7.89. The summed E-state index contributed by atoms with van der Waals surface area (Å²) in [6.45, 7) is 4.14. The summed E-state index contributed by atoms with van der Waals surface area (Å²) in [5.74, 6) is -1.02. The molecule has 1 rings (SSSR count). The van der Waals surface area contributed by atoms with E-state index in [2.05, 4.69) is 10.3 Å². The zero-order valence-corrected chi connectivity index (χ0v) is 12.0. The third-order valence-corrected chi connectivity index (χ3v) is 2.76. The van der Waals surface area contributed by atoms with Crippen molar-refractivity contribution in [2.45, 2.75) is 13.3 Å². The van der Waals surface area contributed by atoms with Crippen LogP contribution in [-0.2, 0) is 0 Å². The first-order valence-electron chi connectivity index (χ1n) is 6.43. The molecule has 1 heterocycles. The van der Waals surface area contributed by atoms with Gasteiger partial charge in [-0.3, -0.25) is 0 Å². The fraction of sp³-hybridized carbons (Fsp3) is 0.615. The Kier molecular flexibility index (Phi) is 5.95. The Hall–Kier alpha value is -1.43. The fourth-order valence-electron chi connectivity index (χ4n) is 1.77. The maximum Gasteiger partial charge on any atom is 0.168 e. The Bertz CT molecular complexity index is 410. The van der Waals surface area contributed by atoms with Gasteiger partial charge in [0, 0.05) is 32.7 Å². The minimum Gasteiger partial charge on any atom is -0.371 e. The van der Waals surface area contributed by atoms with Crippen LogP contribution in [0, 0.1) is 11.6 Å². The number of hydrogen-bond donors (Lipinski definition) is 1. The van der Waals surface area contributed by atoms with Gasteiger partial charge in [-0.05, 0) is 20.5 Å². The van der Waals surface area contributed by atoms with E-state index in [9.17, 15) is 8.78 Å². The van der Waals surface area contributed by atoms with Crippen molar-refractivity contribution in [3.63, 3.8) is 0 Å². The molecular formula is C13H22F2N4. The highest BCUT2D eigenvalue weighted by Gasteiger charge is 2.16. The maximum atomic E-state index is 13.9. The highest BCUT2D eigenvalue weighted by molar-refractivity contribution is 5.49. The highest BCUT2D eigenvalue weighted by Crippen LogP contribution is 2.22. The molecule has 0 atom stereocenters. The summed E-state index contributed by atoms with van der Waals surface area (Å²) < 4.78 is 27.3. The summed E-state index contributed by atoms with van der Waals surface area (Å²) in [6.07, 6.45) is 0.876. The quantitative estimate of drug-likeness (QED) is 0.824. The molecule has 0 aliphatic carbocycles. The van der Waals surface area contributed by atoms with Crippen molar-refractivity contribution in [3.8, 4) is 0 Å². The summed E-state index contributed by atoms with van der Waals surface area (Å²) in [5, 5.41) is 2.63. The van der Waals surface area contributed by atoms with Gasteiger partial charge in [0.1, 0.15) is 0 Å². The van der Waals surface area contributed by atoms with Crippen molar-refractivity contribution in [1.29, 1.82) is 0 Å². The number of nitrogens with zero attached hydrogens (tertiary/aromatic N) is 3. The minimum absolute atomic E-state index is 0.0716. The first-order chi connectivity index (χ1) is 8.99. The van der Waals surface area contributed by atoms with Gasteiger partial charge in [-0.1, -0.05) is 6.92 Å². The van der Waals surface area contributed by atoms with Crippen molar-refractivity contribution in [3.05, 3.63) is 17.7 Å².